The molecule has 0 aliphatic rings. The SMILES string of the molecule is [N-]=[N+]=Nc1ccc(Oc2nn[nH]n2)cc1. The van der Waals surface area contributed by atoms with Crippen molar-refractivity contribution in [2.45, 2.75) is 0 Å². The van der Waals surface area contributed by atoms with Crippen molar-refractivity contribution < 1.29 is 4.74 Å². The Labute approximate surface area is 83.5 Å². The number of nitrogens with zero attached hydrogens (tertiary/aromatic N) is 6. The molecule has 0 bridgehead atoms. The minimum Gasteiger partial charge on any atom is -0.422 e. The van der Waals surface area contributed by atoms with Crippen LogP contribution in [0.4, 0.5) is 5.69 Å². The Morgan fingerprint density at radius 2 is 2.13 bits per heavy atom. The molecule has 2 aromatic rings. The maximum absolute atomic E-state index is 8.19. The predicted octanol–water partition coefficient (Wildman–Crippen LogP) is 1.93. The lowest BCUT2D eigenvalue weighted by Gasteiger charge is -1.99. The van der Waals surface area contributed by atoms with Crippen LogP contribution in [-0.2, 0) is 0 Å². The average Bonchev–Trinajstić information content (AvgIpc) is 2.74. The van der Waals surface area contributed by atoms with Gasteiger partial charge in [-0.25, -0.2) is 0 Å². The number of azide groups is 1. The summed E-state index contributed by atoms with van der Waals surface area (Å²) in [5, 5.41) is 16.3. The van der Waals surface area contributed by atoms with Crippen LogP contribution in [0, 0.1) is 0 Å². The largest absolute Gasteiger partial charge is 0.422 e. The first-order valence-corrected chi connectivity index (χ1v) is 3.95. The molecule has 0 saturated heterocycles. The highest BCUT2D eigenvalue weighted by atomic mass is 16.5. The van der Waals surface area contributed by atoms with E-state index in [1.807, 2.05) is 0 Å². The second-order valence-electron chi connectivity index (χ2n) is 2.48. The van der Waals surface area contributed by atoms with Gasteiger partial charge in [-0.1, -0.05) is 15.3 Å². The molecule has 0 spiro atoms. The quantitative estimate of drug-likeness (QED) is 0.466. The van der Waals surface area contributed by atoms with E-state index in [9.17, 15) is 0 Å². The smallest absolute Gasteiger partial charge is 0.361 e. The highest BCUT2D eigenvalue weighted by Crippen LogP contribution is 2.20. The Kier molecular flexibility index (Phi) is 2.44. The molecule has 1 heterocycles. The number of hydrogen-bond acceptors (Lipinski definition) is 5. The molecule has 2 rings (SSSR count). The van der Waals surface area contributed by atoms with Gasteiger partial charge in [0.1, 0.15) is 5.75 Å². The molecule has 1 aromatic heterocycles. The number of benzene rings is 1. The zero-order valence-corrected chi connectivity index (χ0v) is 7.40. The Bertz CT molecular complexity index is 471. The summed E-state index contributed by atoms with van der Waals surface area (Å²) in [6, 6.07) is 6.65. The minimum atomic E-state index is 0.131. The Hall–Kier alpha value is -2.60. The third kappa shape index (κ3) is 2.20. The number of tetrazole rings is 1. The molecule has 0 radical (unpaired) electrons. The summed E-state index contributed by atoms with van der Waals surface area (Å²) < 4.78 is 5.20. The monoisotopic (exact) mass is 203 g/mol. The van der Waals surface area contributed by atoms with Crippen molar-refractivity contribution in [2.75, 3.05) is 0 Å². The Morgan fingerprint density at radius 3 is 2.73 bits per heavy atom. The second kappa shape index (κ2) is 4.07. The van der Waals surface area contributed by atoms with Crippen LogP contribution in [0.2, 0.25) is 0 Å². The van der Waals surface area contributed by atoms with E-state index >= 15 is 0 Å². The van der Waals surface area contributed by atoms with Gasteiger partial charge in [0.05, 0.1) is 0 Å². The van der Waals surface area contributed by atoms with Crippen LogP contribution in [-0.4, -0.2) is 20.6 Å². The van der Waals surface area contributed by atoms with Gasteiger partial charge in [-0.3, -0.25) is 0 Å². The highest BCUT2D eigenvalue weighted by Gasteiger charge is 2.00. The molecule has 1 aromatic carbocycles. The number of H-pyrrole nitrogens is 1. The zero-order chi connectivity index (χ0) is 10.5. The first-order chi connectivity index (χ1) is 7.38. The summed E-state index contributed by atoms with van der Waals surface area (Å²) in [4.78, 5) is 2.66. The Balaban J connectivity index is 2.14. The standard InChI is InChI=1S/C7H5N7O/c8-12-9-5-1-3-6(4-2-5)15-7-10-13-14-11-7/h1-4H,(H,10,11,13,14). The molecule has 0 amide bonds. The minimum absolute atomic E-state index is 0.131. The van der Waals surface area contributed by atoms with Gasteiger partial charge < -0.3 is 4.74 Å². The van der Waals surface area contributed by atoms with Crippen LogP contribution in [0.25, 0.3) is 10.4 Å². The van der Waals surface area contributed by atoms with Crippen LogP contribution in [0.3, 0.4) is 0 Å². The predicted molar refractivity (Wildman–Crippen MR) is 49.5 cm³/mol. The number of aromatic amines is 1. The molecular weight excluding hydrogens is 198 g/mol. The molecule has 0 unspecified atom stereocenters. The summed E-state index contributed by atoms with van der Waals surface area (Å²) in [6.45, 7) is 0. The number of hydrogen-bond donors (Lipinski definition) is 1. The number of ether oxygens (including phenoxy) is 1. The van der Waals surface area contributed by atoms with Crippen molar-refractivity contribution in [2.24, 2.45) is 5.11 Å². The van der Waals surface area contributed by atoms with Crippen LogP contribution in [0.15, 0.2) is 29.4 Å². The van der Waals surface area contributed by atoms with E-state index in [1.165, 1.54) is 0 Å². The van der Waals surface area contributed by atoms with E-state index in [-0.39, 0.29) is 6.01 Å². The van der Waals surface area contributed by atoms with Crippen molar-refractivity contribution in [3.8, 4) is 11.8 Å². The summed E-state index contributed by atoms with van der Waals surface area (Å²) in [5.41, 5.74) is 8.70. The van der Waals surface area contributed by atoms with E-state index in [2.05, 4.69) is 30.7 Å². The van der Waals surface area contributed by atoms with E-state index in [4.69, 9.17) is 10.3 Å². The normalized spacial score (nSPS) is 9.33. The molecule has 74 valence electrons. The molecule has 15 heavy (non-hydrogen) atoms. The molecule has 1 N–H and O–H groups in total. The molecular formula is C7H5N7O. The van der Waals surface area contributed by atoms with Gasteiger partial charge in [-0.2, -0.15) is 5.21 Å². The van der Waals surface area contributed by atoms with Crippen molar-refractivity contribution in [1.29, 1.82) is 0 Å². The fourth-order valence-corrected chi connectivity index (χ4v) is 0.934. The first kappa shape index (κ1) is 8.97. The lowest BCUT2D eigenvalue weighted by atomic mass is 10.3. The topological polar surface area (TPSA) is 112 Å². The first-order valence-electron chi connectivity index (χ1n) is 3.95. The lowest BCUT2D eigenvalue weighted by Crippen LogP contribution is -1.85. The van der Waals surface area contributed by atoms with E-state index < -0.39 is 0 Å². The maximum atomic E-state index is 8.19. The van der Waals surface area contributed by atoms with Gasteiger partial charge >= 0.3 is 6.01 Å². The van der Waals surface area contributed by atoms with Gasteiger partial charge in [0, 0.05) is 10.6 Å². The fraction of sp³-hybridized carbons (Fsp3) is 0. The number of aromatic nitrogens is 4. The molecule has 0 fully saturated rings. The second-order valence-corrected chi connectivity index (χ2v) is 2.48. The highest BCUT2D eigenvalue weighted by molar-refractivity contribution is 5.41. The van der Waals surface area contributed by atoms with Gasteiger partial charge in [0.15, 0.2) is 0 Å². The summed E-state index contributed by atoms with van der Waals surface area (Å²) in [5.74, 6) is 0.535. The number of nitrogens with one attached hydrogen (secondary N) is 1. The van der Waals surface area contributed by atoms with Gasteiger partial charge in [-0.15, -0.1) is 0 Å². The summed E-state index contributed by atoms with van der Waals surface area (Å²) in [7, 11) is 0. The summed E-state index contributed by atoms with van der Waals surface area (Å²) >= 11 is 0. The van der Waals surface area contributed by atoms with Crippen molar-refractivity contribution in [3.63, 3.8) is 0 Å². The van der Waals surface area contributed by atoms with Crippen molar-refractivity contribution in [1.82, 2.24) is 20.6 Å². The molecule has 0 aliphatic carbocycles. The Morgan fingerprint density at radius 1 is 1.33 bits per heavy atom. The molecule has 0 aliphatic heterocycles. The van der Waals surface area contributed by atoms with Crippen molar-refractivity contribution in [3.05, 3.63) is 34.7 Å². The lowest BCUT2D eigenvalue weighted by molar-refractivity contribution is 0.442. The third-order valence-electron chi connectivity index (χ3n) is 1.53. The van der Waals surface area contributed by atoms with Crippen LogP contribution in [0.5, 0.6) is 11.8 Å². The van der Waals surface area contributed by atoms with Crippen molar-refractivity contribution >= 4 is 5.69 Å². The maximum Gasteiger partial charge on any atom is 0.361 e. The number of rotatable bonds is 3. The molecule has 8 heteroatoms. The van der Waals surface area contributed by atoms with Gasteiger partial charge in [-0.05, 0) is 35.0 Å². The zero-order valence-electron chi connectivity index (χ0n) is 7.40. The van der Waals surface area contributed by atoms with E-state index in [0.29, 0.717) is 11.4 Å². The van der Waals surface area contributed by atoms with Gasteiger partial charge in [0.25, 0.3) is 0 Å². The molecule has 0 atom stereocenters. The van der Waals surface area contributed by atoms with Gasteiger partial charge in [0.2, 0.25) is 0 Å². The summed E-state index contributed by atoms with van der Waals surface area (Å²) in [6.07, 6.45) is 0. The fourth-order valence-electron chi connectivity index (χ4n) is 0.934. The van der Waals surface area contributed by atoms with E-state index in [0.717, 1.165) is 0 Å². The van der Waals surface area contributed by atoms with Crippen LogP contribution >= 0.6 is 0 Å². The average molecular weight is 203 g/mol. The van der Waals surface area contributed by atoms with E-state index in [1.54, 1.807) is 24.3 Å². The van der Waals surface area contributed by atoms with Crippen LogP contribution in [0.1, 0.15) is 0 Å². The third-order valence-corrected chi connectivity index (χ3v) is 1.53. The van der Waals surface area contributed by atoms with Crippen LogP contribution < -0.4 is 4.74 Å². The molecule has 8 nitrogen and oxygen atoms in total. The molecule has 0 saturated carbocycles.